The van der Waals surface area contributed by atoms with Crippen LogP contribution in [0.4, 0.5) is 17.6 Å². The fraction of sp³-hybridized carbons (Fsp3) is 0.478. The molecule has 2 aliphatic heterocycles. The average Bonchev–Trinajstić information content (AvgIpc) is 2.85. The van der Waals surface area contributed by atoms with Crippen molar-refractivity contribution in [3.8, 4) is 0 Å². The van der Waals surface area contributed by atoms with Crippen molar-refractivity contribution in [3.05, 3.63) is 41.0 Å². The number of piperazine rings is 1. The molecule has 4 heterocycles. The van der Waals surface area contributed by atoms with Crippen molar-refractivity contribution in [2.24, 2.45) is 0 Å². The van der Waals surface area contributed by atoms with Crippen molar-refractivity contribution in [1.82, 2.24) is 25.3 Å². The molecule has 9 heteroatoms. The summed E-state index contributed by atoms with van der Waals surface area (Å²) >= 11 is 6.66. The van der Waals surface area contributed by atoms with E-state index in [0.29, 0.717) is 28.7 Å². The van der Waals surface area contributed by atoms with Crippen LogP contribution in [0.1, 0.15) is 24.8 Å². The number of hydrogen-bond acceptors (Lipinski definition) is 8. The molecule has 1 aromatic carbocycles. The van der Waals surface area contributed by atoms with Crippen LogP contribution in [0.3, 0.4) is 0 Å². The number of benzene rings is 1. The lowest BCUT2D eigenvalue weighted by molar-refractivity contribution is 0.568. The second kappa shape index (κ2) is 9.42. The highest BCUT2D eigenvalue weighted by atomic mass is 35.5. The van der Waals surface area contributed by atoms with Gasteiger partial charge in [-0.2, -0.15) is 9.97 Å². The van der Waals surface area contributed by atoms with Crippen molar-refractivity contribution in [1.29, 1.82) is 0 Å². The highest BCUT2D eigenvalue weighted by molar-refractivity contribution is 6.32. The highest BCUT2D eigenvalue weighted by Gasteiger charge is 2.24. The number of rotatable bonds is 5. The SMILES string of the molecule is CN(Cc1ccccc1)c1nc2nc(N3CCNCC3)nc(N3CCCCC3)c2nc1Cl. The van der Waals surface area contributed by atoms with Gasteiger partial charge in [0.05, 0.1) is 0 Å². The topological polar surface area (TPSA) is 73.3 Å². The van der Waals surface area contributed by atoms with Crippen LogP contribution in [0, 0.1) is 0 Å². The van der Waals surface area contributed by atoms with Gasteiger partial charge in [0.2, 0.25) is 5.95 Å². The molecule has 8 nitrogen and oxygen atoms in total. The predicted molar refractivity (Wildman–Crippen MR) is 130 cm³/mol. The van der Waals surface area contributed by atoms with Crippen LogP contribution in [-0.4, -0.2) is 66.3 Å². The van der Waals surface area contributed by atoms with Crippen molar-refractivity contribution in [2.75, 3.05) is 61.0 Å². The Hall–Kier alpha value is -2.71. The van der Waals surface area contributed by atoms with Gasteiger partial charge in [-0.3, -0.25) is 0 Å². The molecule has 32 heavy (non-hydrogen) atoms. The van der Waals surface area contributed by atoms with E-state index in [9.17, 15) is 0 Å². The second-order valence-corrected chi connectivity index (χ2v) is 8.84. The first-order valence-corrected chi connectivity index (χ1v) is 11.8. The summed E-state index contributed by atoms with van der Waals surface area (Å²) in [5.41, 5.74) is 2.48. The number of halogens is 1. The maximum Gasteiger partial charge on any atom is 0.229 e. The second-order valence-electron chi connectivity index (χ2n) is 8.48. The molecule has 0 aliphatic carbocycles. The third-order valence-electron chi connectivity index (χ3n) is 6.12. The van der Waals surface area contributed by atoms with Crippen LogP contribution >= 0.6 is 11.6 Å². The van der Waals surface area contributed by atoms with Gasteiger partial charge in [-0.25, -0.2) is 9.97 Å². The maximum absolute atomic E-state index is 6.66. The molecule has 168 valence electrons. The van der Waals surface area contributed by atoms with E-state index in [1.807, 2.05) is 30.1 Å². The molecular weight excluding hydrogens is 424 g/mol. The van der Waals surface area contributed by atoms with Crippen molar-refractivity contribution in [2.45, 2.75) is 25.8 Å². The first-order valence-electron chi connectivity index (χ1n) is 11.4. The highest BCUT2D eigenvalue weighted by Crippen LogP contribution is 2.31. The maximum atomic E-state index is 6.66. The van der Waals surface area contributed by atoms with Gasteiger partial charge in [-0.15, -0.1) is 0 Å². The summed E-state index contributed by atoms with van der Waals surface area (Å²) in [6.45, 7) is 6.26. The molecule has 5 rings (SSSR count). The van der Waals surface area contributed by atoms with E-state index >= 15 is 0 Å². The van der Waals surface area contributed by atoms with E-state index in [4.69, 9.17) is 31.5 Å². The number of aromatic nitrogens is 4. The Bertz CT molecular complexity index is 1060. The molecule has 1 N–H and O–H groups in total. The third kappa shape index (κ3) is 4.42. The summed E-state index contributed by atoms with van der Waals surface area (Å²) in [6, 6.07) is 10.3. The lowest BCUT2D eigenvalue weighted by Crippen LogP contribution is -2.44. The summed E-state index contributed by atoms with van der Waals surface area (Å²) in [5.74, 6) is 2.22. The first-order chi connectivity index (χ1) is 15.7. The Labute approximate surface area is 193 Å². The fourth-order valence-corrected chi connectivity index (χ4v) is 4.67. The summed E-state index contributed by atoms with van der Waals surface area (Å²) in [6.07, 6.45) is 3.58. The molecule has 2 saturated heterocycles. The number of piperidine rings is 1. The third-order valence-corrected chi connectivity index (χ3v) is 6.37. The largest absolute Gasteiger partial charge is 0.355 e. The van der Waals surface area contributed by atoms with Crippen LogP contribution in [0.2, 0.25) is 5.15 Å². The fourth-order valence-electron chi connectivity index (χ4n) is 4.40. The number of nitrogens with one attached hydrogen (secondary N) is 1. The van der Waals surface area contributed by atoms with Crippen LogP contribution in [-0.2, 0) is 6.54 Å². The Morgan fingerprint density at radius 3 is 2.41 bits per heavy atom. The van der Waals surface area contributed by atoms with Gasteiger partial charge < -0.3 is 20.0 Å². The summed E-state index contributed by atoms with van der Waals surface area (Å²) in [4.78, 5) is 26.0. The minimum atomic E-state index is 0.382. The monoisotopic (exact) mass is 452 g/mol. The Morgan fingerprint density at radius 1 is 0.906 bits per heavy atom. The van der Waals surface area contributed by atoms with Crippen molar-refractivity contribution < 1.29 is 0 Å². The van der Waals surface area contributed by atoms with Gasteiger partial charge in [-0.05, 0) is 24.8 Å². The standard InChI is InChI=1S/C23H29ClN8/c1-30(16-17-8-4-2-5-9-17)22-19(24)26-18-20(27-22)28-23(32-14-10-25-11-15-32)29-21(18)31-12-6-3-7-13-31/h2,4-5,8-9,25H,3,6-7,10-16H2,1H3. The number of nitrogens with zero attached hydrogens (tertiary/aromatic N) is 7. The van der Waals surface area contributed by atoms with E-state index in [0.717, 1.165) is 63.9 Å². The zero-order chi connectivity index (χ0) is 21.9. The van der Waals surface area contributed by atoms with Crippen molar-refractivity contribution >= 4 is 40.3 Å². The van der Waals surface area contributed by atoms with Gasteiger partial charge in [0, 0.05) is 52.9 Å². The summed E-state index contributed by atoms with van der Waals surface area (Å²) < 4.78 is 0. The Morgan fingerprint density at radius 2 is 1.66 bits per heavy atom. The molecule has 0 bridgehead atoms. The molecule has 0 amide bonds. The smallest absolute Gasteiger partial charge is 0.229 e. The zero-order valence-electron chi connectivity index (χ0n) is 18.5. The normalized spacial score (nSPS) is 17.1. The molecular formula is C23H29ClN8. The van der Waals surface area contributed by atoms with Gasteiger partial charge in [0.25, 0.3) is 0 Å². The Kier molecular flexibility index (Phi) is 6.23. The Balaban J connectivity index is 1.56. The molecule has 0 unspecified atom stereocenters. The van der Waals surface area contributed by atoms with E-state index in [-0.39, 0.29) is 0 Å². The summed E-state index contributed by atoms with van der Waals surface area (Å²) in [7, 11) is 1.98. The lowest BCUT2D eigenvalue weighted by atomic mass is 10.1. The molecule has 0 saturated carbocycles. The molecule has 0 spiro atoms. The van der Waals surface area contributed by atoms with Crippen LogP contribution in [0.25, 0.3) is 11.2 Å². The minimum absolute atomic E-state index is 0.382. The van der Waals surface area contributed by atoms with Crippen molar-refractivity contribution in [3.63, 3.8) is 0 Å². The lowest BCUT2D eigenvalue weighted by Gasteiger charge is -2.31. The van der Waals surface area contributed by atoms with E-state index in [1.165, 1.54) is 12.0 Å². The molecule has 3 aromatic rings. The zero-order valence-corrected chi connectivity index (χ0v) is 19.2. The van der Waals surface area contributed by atoms with Gasteiger partial charge in [-0.1, -0.05) is 41.9 Å². The quantitative estimate of drug-likeness (QED) is 0.633. The van der Waals surface area contributed by atoms with Crippen LogP contribution in [0.5, 0.6) is 0 Å². The molecule has 2 fully saturated rings. The van der Waals surface area contributed by atoms with Gasteiger partial charge >= 0.3 is 0 Å². The van der Waals surface area contributed by atoms with E-state index < -0.39 is 0 Å². The van der Waals surface area contributed by atoms with E-state index in [1.54, 1.807) is 0 Å². The summed E-state index contributed by atoms with van der Waals surface area (Å²) in [5, 5.41) is 3.78. The van der Waals surface area contributed by atoms with E-state index in [2.05, 4.69) is 27.2 Å². The average molecular weight is 453 g/mol. The molecule has 0 atom stereocenters. The minimum Gasteiger partial charge on any atom is -0.355 e. The van der Waals surface area contributed by atoms with Gasteiger partial charge in [0.1, 0.15) is 0 Å². The van der Waals surface area contributed by atoms with Crippen LogP contribution in [0.15, 0.2) is 30.3 Å². The van der Waals surface area contributed by atoms with Crippen LogP contribution < -0.4 is 20.0 Å². The number of hydrogen-bond donors (Lipinski definition) is 1. The molecule has 2 aromatic heterocycles. The molecule has 0 radical (unpaired) electrons. The number of fused-ring (bicyclic) bond motifs is 1. The number of anilines is 3. The first kappa shape index (κ1) is 21.2. The van der Waals surface area contributed by atoms with Gasteiger partial charge in [0.15, 0.2) is 28.0 Å². The molecule has 2 aliphatic rings. The predicted octanol–water partition coefficient (Wildman–Crippen LogP) is 3.11.